The molecule has 3 heteroatoms. The standard InChI is InChI=1S/C14H16O3/c1-10-6-7-17-14(10)13(15)9-11-4-3-5-12(8-11)16-2/h3-8,13,15H,9H2,1-2H3. The molecule has 2 rings (SSSR count). The molecule has 1 heterocycles. The minimum atomic E-state index is -0.614. The monoisotopic (exact) mass is 232 g/mol. The number of aliphatic hydroxyl groups is 1. The van der Waals surface area contributed by atoms with Crippen molar-refractivity contribution in [3.8, 4) is 5.75 Å². The lowest BCUT2D eigenvalue weighted by atomic mass is 10.0. The maximum Gasteiger partial charge on any atom is 0.135 e. The lowest BCUT2D eigenvalue weighted by molar-refractivity contribution is 0.149. The Bertz CT molecular complexity index is 488. The molecule has 0 amide bonds. The fourth-order valence-corrected chi connectivity index (χ4v) is 1.84. The van der Waals surface area contributed by atoms with Gasteiger partial charge in [-0.2, -0.15) is 0 Å². The molecule has 0 aliphatic carbocycles. The van der Waals surface area contributed by atoms with Gasteiger partial charge < -0.3 is 14.3 Å². The summed E-state index contributed by atoms with van der Waals surface area (Å²) in [5, 5.41) is 10.1. The highest BCUT2D eigenvalue weighted by Gasteiger charge is 2.14. The van der Waals surface area contributed by atoms with E-state index in [0.29, 0.717) is 12.2 Å². The third-order valence-corrected chi connectivity index (χ3v) is 2.77. The number of hydrogen-bond donors (Lipinski definition) is 1. The van der Waals surface area contributed by atoms with Crippen LogP contribution in [0.4, 0.5) is 0 Å². The Morgan fingerprint density at radius 2 is 2.18 bits per heavy atom. The van der Waals surface area contributed by atoms with Crippen molar-refractivity contribution in [3.05, 3.63) is 53.5 Å². The average molecular weight is 232 g/mol. The zero-order valence-electron chi connectivity index (χ0n) is 10.0. The number of aliphatic hydroxyl groups excluding tert-OH is 1. The highest BCUT2D eigenvalue weighted by molar-refractivity contribution is 5.30. The number of hydrogen-bond acceptors (Lipinski definition) is 3. The summed E-state index contributed by atoms with van der Waals surface area (Å²) < 4.78 is 10.4. The van der Waals surface area contributed by atoms with E-state index < -0.39 is 6.10 Å². The predicted molar refractivity (Wildman–Crippen MR) is 65.1 cm³/mol. The summed E-state index contributed by atoms with van der Waals surface area (Å²) in [6.45, 7) is 1.92. The Balaban J connectivity index is 2.13. The topological polar surface area (TPSA) is 42.6 Å². The van der Waals surface area contributed by atoms with Gasteiger partial charge in [-0.1, -0.05) is 12.1 Å². The molecule has 0 aliphatic rings. The number of methoxy groups -OCH3 is 1. The van der Waals surface area contributed by atoms with E-state index in [2.05, 4.69) is 0 Å². The lowest BCUT2D eigenvalue weighted by Gasteiger charge is -2.10. The molecule has 0 bridgehead atoms. The van der Waals surface area contributed by atoms with Crippen molar-refractivity contribution < 1.29 is 14.3 Å². The van der Waals surface area contributed by atoms with E-state index in [1.54, 1.807) is 13.4 Å². The Morgan fingerprint density at radius 1 is 1.35 bits per heavy atom. The van der Waals surface area contributed by atoms with Gasteiger partial charge in [0.25, 0.3) is 0 Å². The number of ether oxygens (including phenoxy) is 1. The summed E-state index contributed by atoms with van der Waals surface area (Å²) in [4.78, 5) is 0. The zero-order chi connectivity index (χ0) is 12.3. The van der Waals surface area contributed by atoms with Crippen LogP contribution in [0.5, 0.6) is 5.75 Å². The fraction of sp³-hybridized carbons (Fsp3) is 0.286. The maximum absolute atomic E-state index is 10.1. The smallest absolute Gasteiger partial charge is 0.135 e. The molecule has 0 saturated carbocycles. The first-order valence-corrected chi connectivity index (χ1v) is 5.55. The van der Waals surface area contributed by atoms with Crippen LogP contribution < -0.4 is 4.74 Å². The molecule has 2 aromatic rings. The second-order valence-corrected chi connectivity index (χ2v) is 4.04. The van der Waals surface area contributed by atoms with E-state index in [4.69, 9.17) is 9.15 Å². The normalized spacial score (nSPS) is 12.4. The van der Waals surface area contributed by atoms with E-state index in [1.807, 2.05) is 37.3 Å². The van der Waals surface area contributed by atoms with Crippen molar-refractivity contribution in [2.75, 3.05) is 7.11 Å². The Hall–Kier alpha value is -1.74. The van der Waals surface area contributed by atoms with Crippen LogP contribution in [0.15, 0.2) is 41.0 Å². The Labute approximate surface area is 101 Å². The first-order chi connectivity index (χ1) is 8.20. The number of rotatable bonds is 4. The van der Waals surface area contributed by atoms with Crippen molar-refractivity contribution in [1.82, 2.24) is 0 Å². The second kappa shape index (κ2) is 5.06. The molecule has 0 spiro atoms. The van der Waals surface area contributed by atoms with Crippen LogP contribution in [0.25, 0.3) is 0 Å². The molecule has 1 aromatic heterocycles. The highest BCUT2D eigenvalue weighted by Crippen LogP contribution is 2.23. The van der Waals surface area contributed by atoms with E-state index >= 15 is 0 Å². The van der Waals surface area contributed by atoms with Gasteiger partial charge in [-0.3, -0.25) is 0 Å². The molecule has 3 nitrogen and oxygen atoms in total. The Kier molecular flexibility index (Phi) is 3.49. The van der Waals surface area contributed by atoms with Gasteiger partial charge in [0.15, 0.2) is 0 Å². The molecule has 17 heavy (non-hydrogen) atoms. The minimum Gasteiger partial charge on any atom is -0.497 e. The second-order valence-electron chi connectivity index (χ2n) is 4.04. The molecule has 1 N–H and O–H groups in total. The largest absolute Gasteiger partial charge is 0.497 e. The van der Waals surface area contributed by atoms with Crippen molar-refractivity contribution >= 4 is 0 Å². The van der Waals surface area contributed by atoms with Gasteiger partial charge in [0, 0.05) is 6.42 Å². The first kappa shape index (κ1) is 11.7. The maximum atomic E-state index is 10.1. The number of furan rings is 1. The van der Waals surface area contributed by atoms with Crippen molar-refractivity contribution in [1.29, 1.82) is 0 Å². The van der Waals surface area contributed by atoms with Crippen LogP contribution in [-0.4, -0.2) is 12.2 Å². The molecule has 1 aromatic carbocycles. The fourth-order valence-electron chi connectivity index (χ4n) is 1.84. The van der Waals surface area contributed by atoms with Gasteiger partial charge >= 0.3 is 0 Å². The molecular formula is C14H16O3. The van der Waals surface area contributed by atoms with E-state index in [9.17, 15) is 5.11 Å². The molecule has 0 radical (unpaired) electrons. The predicted octanol–water partition coefficient (Wildman–Crippen LogP) is 2.87. The molecule has 0 aliphatic heterocycles. The van der Waals surface area contributed by atoms with E-state index in [0.717, 1.165) is 16.9 Å². The summed E-state index contributed by atoms with van der Waals surface area (Å²) >= 11 is 0. The van der Waals surface area contributed by atoms with Crippen LogP contribution in [0.2, 0.25) is 0 Å². The number of benzene rings is 1. The van der Waals surface area contributed by atoms with Gasteiger partial charge in [0.2, 0.25) is 0 Å². The highest BCUT2D eigenvalue weighted by atomic mass is 16.5. The van der Waals surface area contributed by atoms with Gasteiger partial charge in [0.1, 0.15) is 17.6 Å². The zero-order valence-corrected chi connectivity index (χ0v) is 10.0. The molecule has 90 valence electrons. The third-order valence-electron chi connectivity index (χ3n) is 2.77. The average Bonchev–Trinajstić information content (AvgIpc) is 2.76. The van der Waals surface area contributed by atoms with Gasteiger partial charge in [-0.05, 0) is 36.2 Å². The summed E-state index contributed by atoms with van der Waals surface area (Å²) in [6.07, 6.45) is 1.50. The molecule has 1 atom stereocenters. The van der Waals surface area contributed by atoms with Crippen molar-refractivity contribution in [2.24, 2.45) is 0 Å². The third kappa shape index (κ3) is 2.68. The molecular weight excluding hydrogens is 216 g/mol. The van der Waals surface area contributed by atoms with Crippen LogP contribution in [0.3, 0.4) is 0 Å². The summed E-state index contributed by atoms with van der Waals surface area (Å²) in [5.41, 5.74) is 1.99. The van der Waals surface area contributed by atoms with E-state index in [-0.39, 0.29) is 0 Å². The summed E-state index contributed by atoms with van der Waals surface area (Å²) in [7, 11) is 1.63. The van der Waals surface area contributed by atoms with E-state index in [1.165, 1.54) is 0 Å². The van der Waals surface area contributed by atoms with Gasteiger partial charge in [-0.25, -0.2) is 0 Å². The lowest BCUT2D eigenvalue weighted by Crippen LogP contribution is -2.02. The number of aryl methyl sites for hydroxylation is 1. The summed E-state index contributed by atoms with van der Waals surface area (Å²) in [6, 6.07) is 9.53. The van der Waals surface area contributed by atoms with Crippen LogP contribution in [0.1, 0.15) is 23.0 Å². The van der Waals surface area contributed by atoms with Crippen LogP contribution >= 0.6 is 0 Å². The van der Waals surface area contributed by atoms with Gasteiger partial charge in [-0.15, -0.1) is 0 Å². The summed E-state index contributed by atoms with van der Waals surface area (Å²) in [5.74, 6) is 1.43. The van der Waals surface area contributed by atoms with Crippen LogP contribution in [0, 0.1) is 6.92 Å². The van der Waals surface area contributed by atoms with Crippen molar-refractivity contribution in [2.45, 2.75) is 19.4 Å². The first-order valence-electron chi connectivity index (χ1n) is 5.55. The SMILES string of the molecule is COc1cccc(CC(O)c2occc2C)c1. The molecule has 0 fully saturated rings. The van der Waals surface area contributed by atoms with Crippen molar-refractivity contribution in [3.63, 3.8) is 0 Å². The van der Waals surface area contributed by atoms with Crippen LogP contribution in [-0.2, 0) is 6.42 Å². The quantitative estimate of drug-likeness (QED) is 0.881. The Morgan fingerprint density at radius 3 is 2.82 bits per heavy atom. The van der Waals surface area contributed by atoms with Gasteiger partial charge in [0.05, 0.1) is 13.4 Å². The molecule has 0 saturated heterocycles. The molecule has 1 unspecified atom stereocenters. The minimum absolute atomic E-state index is 0.519.